The number of nitrogens with zero attached hydrogens (tertiary/aromatic N) is 1. The van der Waals surface area contributed by atoms with Crippen molar-refractivity contribution in [2.75, 3.05) is 6.61 Å². The van der Waals surface area contributed by atoms with Gasteiger partial charge >= 0.3 is 48.4 Å². The van der Waals surface area contributed by atoms with E-state index in [1.807, 2.05) is 135 Å². The minimum Gasteiger partial charge on any atom is -0.489 e. The maximum absolute atomic E-state index is 12.0. The van der Waals surface area contributed by atoms with Crippen molar-refractivity contribution >= 4 is 112 Å². The molecular weight excluding hydrogens is 1330 g/mol. The van der Waals surface area contributed by atoms with Gasteiger partial charge in [0.05, 0.1) is 21.2 Å². The summed E-state index contributed by atoms with van der Waals surface area (Å²) < 4.78 is 132. The minimum absolute atomic E-state index is 0.0137. The summed E-state index contributed by atoms with van der Waals surface area (Å²) in [4.78, 5) is 55.9. The number of benzene rings is 5. The monoisotopic (exact) mass is 1390 g/mol. The van der Waals surface area contributed by atoms with Gasteiger partial charge in [0.25, 0.3) is 0 Å². The number of alkyl halides is 9. The van der Waals surface area contributed by atoms with Gasteiger partial charge in [0.2, 0.25) is 0 Å². The molecule has 0 amide bonds. The number of carboxylic acid groups (broad SMARTS) is 3. The Morgan fingerprint density at radius 1 is 0.516 bits per heavy atom. The minimum atomic E-state index is -5.08. The highest BCUT2D eigenvalue weighted by Crippen LogP contribution is 2.35. The number of hydrogen-bond acceptors (Lipinski definition) is 18. The van der Waals surface area contributed by atoms with E-state index in [1.165, 1.54) is 40.9 Å². The van der Waals surface area contributed by atoms with E-state index < -0.39 is 42.5 Å². The molecule has 9 rings (SSSR count). The van der Waals surface area contributed by atoms with E-state index in [2.05, 4.69) is 4.98 Å². The van der Waals surface area contributed by atoms with E-state index in [4.69, 9.17) is 91.6 Å². The van der Waals surface area contributed by atoms with Gasteiger partial charge in [-0.3, -0.25) is 26.0 Å². The van der Waals surface area contributed by atoms with Crippen molar-refractivity contribution in [3.63, 3.8) is 0 Å². The highest BCUT2D eigenvalue weighted by atomic mass is 32.1. The molecular formula is C62H58F9N7O14S3. The van der Waals surface area contributed by atoms with E-state index in [0.717, 1.165) is 74.0 Å². The Morgan fingerprint density at radius 3 is 1.36 bits per heavy atom. The Labute approximate surface area is 545 Å². The highest BCUT2D eigenvalue weighted by Gasteiger charge is 2.39. The third-order valence-electron chi connectivity index (χ3n) is 11.5. The van der Waals surface area contributed by atoms with Crippen LogP contribution in [0.3, 0.4) is 0 Å². The van der Waals surface area contributed by atoms with Crippen molar-refractivity contribution < 1.29 is 107 Å². The van der Waals surface area contributed by atoms with Crippen LogP contribution in [0.5, 0.6) is 28.7 Å². The molecule has 1 atom stereocenters. The predicted octanol–water partition coefficient (Wildman–Crippen LogP) is 13.5. The summed E-state index contributed by atoms with van der Waals surface area (Å²) in [7, 11) is 0. The first-order chi connectivity index (χ1) is 44.4. The molecule has 4 aromatic heterocycles. The third kappa shape index (κ3) is 26.2. The molecule has 0 aliphatic heterocycles. The Bertz CT molecular complexity index is 4050. The normalized spacial score (nSPS) is 11.2. The number of thiophene rings is 3. The smallest absolute Gasteiger partial charge is 0.489 e. The van der Waals surface area contributed by atoms with Crippen molar-refractivity contribution in [3.05, 3.63) is 177 Å². The summed E-state index contributed by atoms with van der Waals surface area (Å²) in [5.74, 6) is -5.36. The van der Waals surface area contributed by atoms with Gasteiger partial charge in [-0.2, -0.15) is 39.5 Å². The zero-order chi connectivity index (χ0) is 71.0. The maximum Gasteiger partial charge on any atom is 0.490 e. The quantitative estimate of drug-likeness (QED) is 0.0127. The number of esters is 2. The SMILES string of the molecule is CC(=O)Oc1cccc(COc2ccc3cc(C(=N)N)sc3c2)c1.CCOC(=O)C(Oc1cccc2sc(C(=N)N)cc12)C(C)C.N=C(N)c1cc2ccc(OCc3ccc(OCc4ccncc4)cc3)cc2s1.O=C(O)C(F)(F)F.O=C(O)C(F)(F)F.O=C(O)C(F)(F)F. The molecule has 95 heavy (non-hydrogen) atoms. The fourth-order valence-corrected chi connectivity index (χ4v) is 9.93. The molecule has 506 valence electrons. The number of amidine groups is 3. The van der Waals surface area contributed by atoms with Crippen LogP contribution < -0.4 is 40.9 Å². The first-order valence-corrected chi connectivity index (χ1v) is 29.4. The number of nitrogens with two attached hydrogens (primary N) is 3. The lowest BCUT2D eigenvalue weighted by Gasteiger charge is -2.21. The van der Waals surface area contributed by atoms with Gasteiger partial charge in [0, 0.05) is 44.7 Å². The Morgan fingerprint density at radius 2 is 0.926 bits per heavy atom. The lowest BCUT2D eigenvalue weighted by molar-refractivity contribution is -0.193. The zero-order valence-electron chi connectivity index (χ0n) is 50.0. The van der Waals surface area contributed by atoms with Crippen molar-refractivity contribution in [3.8, 4) is 28.7 Å². The Kier molecular flexibility index (Phi) is 28.7. The number of nitrogen functional groups attached to an aromatic ring is 3. The number of hydrogen-bond donors (Lipinski definition) is 9. The lowest BCUT2D eigenvalue weighted by atomic mass is 10.1. The second-order valence-electron chi connectivity index (χ2n) is 19.2. The van der Waals surface area contributed by atoms with Gasteiger partial charge in [-0.15, -0.1) is 34.0 Å². The van der Waals surface area contributed by atoms with Crippen molar-refractivity contribution in [2.45, 2.75) is 72.1 Å². The average Bonchev–Trinajstić information content (AvgIpc) is 1.76. The summed E-state index contributed by atoms with van der Waals surface area (Å²) in [6, 6.07) is 41.9. The molecule has 0 bridgehead atoms. The molecule has 21 nitrogen and oxygen atoms in total. The molecule has 0 spiro atoms. The van der Waals surface area contributed by atoms with Gasteiger partial charge in [-0.05, 0) is 138 Å². The summed E-state index contributed by atoms with van der Waals surface area (Å²) in [5, 5.41) is 46.9. The van der Waals surface area contributed by atoms with Gasteiger partial charge in [0.15, 0.2) is 6.10 Å². The summed E-state index contributed by atoms with van der Waals surface area (Å²) in [6.45, 7) is 8.64. The zero-order valence-corrected chi connectivity index (χ0v) is 52.4. The number of aliphatic carboxylic acids is 3. The predicted molar refractivity (Wildman–Crippen MR) is 337 cm³/mol. The van der Waals surface area contributed by atoms with Gasteiger partial charge in [0.1, 0.15) is 66.1 Å². The number of rotatable bonds is 18. The second kappa shape index (κ2) is 35.5. The van der Waals surface area contributed by atoms with E-state index >= 15 is 0 Å². The van der Waals surface area contributed by atoms with Gasteiger partial charge in [-0.25, -0.2) is 19.2 Å². The van der Waals surface area contributed by atoms with Crippen LogP contribution in [-0.4, -0.2) is 98.9 Å². The largest absolute Gasteiger partial charge is 0.490 e. The van der Waals surface area contributed by atoms with E-state index in [-0.39, 0.29) is 35.4 Å². The summed E-state index contributed by atoms with van der Waals surface area (Å²) in [5.41, 5.74) is 19.7. The number of aromatic nitrogens is 1. The van der Waals surface area contributed by atoms with Crippen LogP contribution in [0.2, 0.25) is 0 Å². The van der Waals surface area contributed by atoms with Crippen LogP contribution in [0, 0.1) is 22.1 Å². The molecule has 0 fully saturated rings. The fraction of sp³-hybridized carbons (Fsp3) is 0.210. The number of ether oxygens (including phenoxy) is 6. The molecule has 4 heterocycles. The summed E-state index contributed by atoms with van der Waals surface area (Å²) in [6.07, 6.45) is -12.4. The number of carbonyl (C=O) groups is 5. The molecule has 5 aromatic carbocycles. The van der Waals surface area contributed by atoms with Crippen molar-refractivity contribution in [1.82, 2.24) is 4.98 Å². The molecule has 33 heteroatoms. The van der Waals surface area contributed by atoms with Crippen LogP contribution in [0.25, 0.3) is 30.3 Å². The number of carbonyl (C=O) groups excluding carboxylic acids is 2. The fourth-order valence-electron chi connectivity index (χ4n) is 7.08. The van der Waals surface area contributed by atoms with E-state index in [9.17, 15) is 49.1 Å². The van der Waals surface area contributed by atoms with Crippen LogP contribution in [-0.2, 0) is 48.5 Å². The lowest BCUT2D eigenvalue weighted by Crippen LogP contribution is -2.34. The van der Waals surface area contributed by atoms with Crippen LogP contribution in [0.1, 0.15) is 59.0 Å². The first kappa shape index (κ1) is 76.9. The van der Waals surface area contributed by atoms with Crippen molar-refractivity contribution in [1.29, 1.82) is 16.2 Å². The standard InChI is InChI=1S/C22H19N3O2S.C18H16N2O3S.C16H20N2O3S.3C2HF3O2/c23-22(24)21-11-17-3-6-19(12-20(17)28-21)27-13-15-1-4-18(5-2-15)26-14-16-7-9-25-10-8-16;1-11(21)23-15-4-2-3-12(7-15)10-22-14-6-5-13-8-17(18(19)20)24-16(13)9-14;1-4-20-16(19)14(9(2)3)21-11-6-5-7-12-10(11)8-13(22-12)15(17)18;3*3-2(4,5)1(6)7/h1-12H,13-14H2,(H3,23,24);2-9H,10H2,1H3,(H3,19,20);5-9,14H,4H2,1-3H3,(H3,17,18);3*(H,6,7). The molecule has 0 aliphatic rings. The highest BCUT2D eigenvalue weighted by molar-refractivity contribution is 7.21. The van der Waals surface area contributed by atoms with Crippen molar-refractivity contribution in [2.24, 2.45) is 23.1 Å². The van der Waals surface area contributed by atoms with Crippen LogP contribution in [0.15, 0.2) is 146 Å². The molecule has 0 saturated carbocycles. The molecule has 0 aliphatic carbocycles. The Hall–Kier alpha value is -10.5. The Balaban J connectivity index is 0.000000264. The molecule has 12 N–H and O–H groups in total. The first-order valence-electron chi connectivity index (χ1n) is 27.0. The number of fused-ring (bicyclic) bond motifs is 3. The third-order valence-corrected chi connectivity index (χ3v) is 14.9. The van der Waals surface area contributed by atoms with Crippen LogP contribution in [0.4, 0.5) is 39.5 Å². The molecule has 9 aromatic rings. The van der Waals surface area contributed by atoms with Gasteiger partial charge in [-0.1, -0.05) is 44.2 Å². The molecule has 0 radical (unpaired) electrons. The maximum atomic E-state index is 12.0. The molecule has 0 saturated heterocycles. The topological polar surface area (TPSA) is 364 Å². The number of nitrogens with one attached hydrogen (secondary N) is 3. The molecule has 1 unspecified atom stereocenters. The second-order valence-corrected chi connectivity index (χ2v) is 22.4. The summed E-state index contributed by atoms with van der Waals surface area (Å²) >= 11 is 4.39. The van der Waals surface area contributed by atoms with Crippen LogP contribution >= 0.6 is 34.0 Å². The number of pyridine rings is 1. The van der Waals surface area contributed by atoms with E-state index in [0.29, 0.717) is 42.8 Å². The number of carboxylic acids is 3. The average molecular weight is 1390 g/mol. The number of halogens is 9. The van der Waals surface area contributed by atoms with Gasteiger partial charge < -0.3 is 60.9 Å². The van der Waals surface area contributed by atoms with E-state index in [1.54, 1.807) is 31.5 Å².